The van der Waals surface area contributed by atoms with Gasteiger partial charge in [-0.25, -0.2) is 9.97 Å². The summed E-state index contributed by atoms with van der Waals surface area (Å²) in [5.41, 5.74) is 2.41. The fourth-order valence-electron chi connectivity index (χ4n) is 1.35. The molecule has 0 saturated carbocycles. The maximum absolute atomic E-state index is 8.59. The SMILES string of the molecule is Cc1cccnc1CNc1cnc(C#N)cn1. The van der Waals surface area contributed by atoms with E-state index in [9.17, 15) is 0 Å². The lowest BCUT2D eigenvalue weighted by atomic mass is 10.2. The van der Waals surface area contributed by atoms with Crippen LogP contribution in [0.2, 0.25) is 0 Å². The molecule has 0 radical (unpaired) electrons. The van der Waals surface area contributed by atoms with E-state index in [1.54, 1.807) is 6.20 Å². The number of nitriles is 1. The van der Waals surface area contributed by atoms with E-state index in [0.29, 0.717) is 18.1 Å². The molecule has 0 saturated heterocycles. The third-order valence-electron chi connectivity index (χ3n) is 2.32. The first-order valence-corrected chi connectivity index (χ1v) is 5.16. The van der Waals surface area contributed by atoms with Crippen molar-refractivity contribution in [3.05, 3.63) is 47.7 Å². The molecular formula is C12H11N5. The maximum Gasteiger partial charge on any atom is 0.158 e. The van der Waals surface area contributed by atoms with Crippen molar-refractivity contribution in [2.24, 2.45) is 0 Å². The fourth-order valence-corrected chi connectivity index (χ4v) is 1.35. The zero-order chi connectivity index (χ0) is 12.1. The highest BCUT2D eigenvalue weighted by molar-refractivity contribution is 5.34. The van der Waals surface area contributed by atoms with Crippen LogP contribution in [-0.4, -0.2) is 15.0 Å². The maximum atomic E-state index is 8.59. The second-order valence-corrected chi connectivity index (χ2v) is 3.52. The summed E-state index contributed by atoms with van der Waals surface area (Å²) < 4.78 is 0. The summed E-state index contributed by atoms with van der Waals surface area (Å²) in [4.78, 5) is 12.3. The van der Waals surface area contributed by atoms with E-state index < -0.39 is 0 Å². The number of aryl methyl sites for hydroxylation is 1. The van der Waals surface area contributed by atoms with Gasteiger partial charge in [0.15, 0.2) is 5.69 Å². The summed E-state index contributed by atoms with van der Waals surface area (Å²) in [6, 6.07) is 5.83. The number of aromatic nitrogens is 3. The van der Waals surface area contributed by atoms with Gasteiger partial charge in [0.2, 0.25) is 0 Å². The molecule has 0 bridgehead atoms. The highest BCUT2D eigenvalue weighted by Crippen LogP contribution is 2.06. The highest BCUT2D eigenvalue weighted by atomic mass is 15.0. The molecule has 17 heavy (non-hydrogen) atoms. The quantitative estimate of drug-likeness (QED) is 0.859. The number of rotatable bonds is 3. The van der Waals surface area contributed by atoms with E-state index >= 15 is 0 Å². The predicted octanol–water partition coefficient (Wildman–Crippen LogP) is 1.66. The molecule has 0 aliphatic carbocycles. The number of pyridine rings is 1. The molecule has 0 aromatic carbocycles. The van der Waals surface area contributed by atoms with E-state index in [1.165, 1.54) is 12.4 Å². The predicted molar refractivity (Wildman–Crippen MR) is 63.0 cm³/mol. The molecule has 5 nitrogen and oxygen atoms in total. The second kappa shape index (κ2) is 5.03. The number of hydrogen-bond acceptors (Lipinski definition) is 5. The van der Waals surface area contributed by atoms with E-state index in [2.05, 4.69) is 20.3 Å². The number of nitrogens with one attached hydrogen (secondary N) is 1. The van der Waals surface area contributed by atoms with Crippen LogP contribution in [0.1, 0.15) is 17.0 Å². The molecule has 2 heterocycles. The van der Waals surface area contributed by atoms with Crippen molar-refractivity contribution in [2.75, 3.05) is 5.32 Å². The molecule has 1 N–H and O–H groups in total. The Bertz CT molecular complexity index is 542. The van der Waals surface area contributed by atoms with Gasteiger partial charge in [0.1, 0.15) is 11.9 Å². The van der Waals surface area contributed by atoms with Crippen LogP contribution in [0.3, 0.4) is 0 Å². The Morgan fingerprint density at radius 1 is 1.29 bits per heavy atom. The van der Waals surface area contributed by atoms with E-state index in [0.717, 1.165) is 11.3 Å². The lowest BCUT2D eigenvalue weighted by Gasteiger charge is -2.06. The molecule has 0 spiro atoms. The van der Waals surface area contributed by atoms with E-state index in [1.807, 2.05) is 25.1 Å². The van der Waals surface area contributed by atoms with Gasteiger partial charge in [-0.2, -0.15) is 5.26 Å². The van der Waals surface area contributed by atoms with Crippen molar-refractivity contribution in [2.45, 2.75) is 13.5 Å². The minimum absolute atomic E-state index is 0.310. The standard InChI is InChI=1S/C12H11N5/c1-9-3-2-4-14-11(9)7-17-12-8-15-10(5-13)6-16-12/h2-4,6,8H,7H2,1H3,(H,16,17). The van der Waals surface area contributed by atoms with Gasteiger partial charge < -0.3 is 5.32 Å². The second-order valence-electron chi connectivity index (χ2n) is 3.52. The molecule has 2 rings (SSSR count). The van der Waals surface area contributed by atoms with Gasteiger partial charge in [-0.3, -0.25) is 4.98 Å². The summed E-state index contributed by atoms with van der Waals surface area (Å²) in [6.07, 6.45) is 4.74. The Morgan fingerprint density at radius 2 is 2.18 bits per heavy atom. The van der Waals surface area contributed by atoms with Crippen LogP contribution in [0.25, 0.3) is 0 Å². The average molecular weight is 225 g/mol. The molecule has 0 unspecified atom stereocenters. The van der Waals surface area contributed by atoms with Crippen LogP contribution in [0.15, 0.2) is 30.7 Å². The van der Waals surface area contributed by atoms with Crippen LogP contribution < -0.4 is 5.32 Å². The Hall–Kier alpha value is -2.48. The Morgan fingerprint density at radius 3 is 2.82 bits per heavy atom. The van der Waals surface area contributed by atoms with Crippen molar-refractivity contribution >= 4 is 5.82 Å². The summed E-state index contributed by atoms with van der Waals surface area (Å²) >= 11 is 0. The smallest absolute Gasteiger partial charge is 0.158 e. The Balaban J connectivity index is 2.03. The molecule has 0 fully saturated rings. The van der Waals surface area contributed by atoms with Crippen molar-refractivity contribution in [3.8, 4) is 6.07 Å². The van der Waals surface area contributed by atoms with Gasteiger partial charge in [-0.1, -0.05) is 6.07 Å². The molecule has 5 heteroatoms. The monoisotopic (exact) mass is 225 g/mol. The van der Waals surface area contributed by atoms with Gasteiger partial charge >= 0.3 is 0 Å². The zero-order valence-corrected chi connectivity index (χ0v) is 9.38. The van der Waals surface area contributed by atoms with E-state index in [4.69, 9.17) is 5.26 Å². The van der Waals surface area contributed by atoms with Gasteiger partial charge in [0.05, 0.1) is 24.6 Å². The molecule has 84 valence electrons. The topological polar surface area (TPSA) is 74.5 Å². The lowest BCUT2D eigenvalue weighted by molar-refractivity contribution is 0.997. The van der Waals surface area contributed by atoms with Crippen LogP contribution in [0, 0.1) is 18.3 Å². The lowest BCUT2D eigenvalue weighted by Crippen LogP contribution is -2.05. The first-order chi connectivity index (χ1) is 8.29. The number of hydrogen-bond donors (Lipinski definition) is 1. The Labute approximate surface area is 99.2 Å². The molecule has 0 aliphatic heterocycles. The van der Waals surface area contributed by atoms with Crippen LogP contribution in [-0.2, 0) is 6.54 Å². The largest absolute Gasteiger partial charge is 0.363 e. The van der Waals surface area contributed by atoms with Gasteiger partial charge in [0, 0.05) is 6.20 Å². The van der Waals surface area contributed by atoms with Crippen molar-refractivity contribution in [1.29, 1.82) is 5.26 Å². The Kier molecular flexibility index (Phi) is 3.26. The van der Waals surface area contributed by atoms with Crippen molar-refractivity contribution in [1.82, 2.24) is 15.0 Å². The zero-order valence-electron chi connectivity index (χ0n) is 9.38. The van der Waals surface area contributed by atoms with Gasteiger partial charge in [0.25, 0.3) is 0 Å². The third-order valence-corrected chi connectivity index (χ3v) is 2.32. The molecule has 2 aromatic heterocycles. The summed E-state index contributed by atoms with van der Waals surface area (Å²) in [5.74, 6) is 0.633. The molecule has 0 aliphatic rings. The van der Waals surface area contributed by atoms with Crippen LogP contribution in [0.5, 0.6) is 0 Å². The average Bonchev–Trinajstić information content (AvgIpc) is 2.38. The van der Waals surface area contributed by atoms with Gasteiger partial charge in [-0.15, -0.1) is 0 Å². The minimum Gasteiger partial charge on any atom is -0.363 e. The number of anilines is 1. The molecule has 0 amide bonds. The fraction of sp³-hybridized carbons (Fsp3) is 0.167. The summed E-state index contributed by atoms with van der Waals surface area (Å²) in [6.45, 7) is 2.60. The third kappa shape index (κ3) is 2.75. The molecular weight excluding hydrogens is 214 g/mol. The van der Waals surface area contributed by atoms with E-state index in [-0.39, 0.29) is 0 Å². The molecule has 0 atom stereocenters. The van der Waals surface area contributed by atoms with Crippen LogP contribution in [0.4, 0.5) is 5.82 Å². The van der Waals surface area contributed by atoms with Crippen LogP contribution >= 0.6 is 0 Å². The first-order valence-electron chi connectivity index (χ1n) is 5.16. The summed E-state index contributed by atoms with van der Waals surface area (Å²) in [5, 5.41) is 11.7. The van der Waals surface area contributed by atoms with Gasteiger partial charge in [-0.05, 0) is 18.6 Å². The van der Waals surface area contributed by atoms with Crippen molar-refractivity contribution in [3.63, 3.8) is 0 Å². The number of nitrogens with zero attached hydrogens (tertiary/aromatic N) is 4. The molecule has 2 aromatic rings. The minimum atomic E-state index is 0.310. The first kappa shape index (κ1) is 11.0. The summed E-state index contributed by atoms with van der Waals surface area (Å²) in [7, 11) is 0. The normalized spacial score (nSPS) is 9.65. The van der Waals surface area contributed by atoms with Crippen molar-refractivity contribution < 1.29 is 0 Å². The highest BCUT2D eigenvalue weighted by Gasteiger charge is 2.00.